The van der Waals surface area contributed by atoms with Crippen molar-refractivity contribution in [3.8, 4) is 0 Å². The number of hydrogen-bond acceptors (Lipinski definition) is 4. The smallest absolute Gasteiger partial charge is 0.182 e. The summed E-state index contributed by atoms with van der Waals surface area (Å²) in [6, 6.07) is 24.3. The summed E-state index contributed by atoms with van der Waals surface area (Å²) in [4.78, 5) is 17.3. The molecule has 1 saturated carbocycles. The number of hydrogen-bond donors (Lipinski definition) is 0. The van der Waals surface area contributed by atoms with Crippen molar-refractivity contribution < 1.29 is 13.2 Å². The second-order valence-electron chi connectivity index (χ2n) is 8.46. The third-order valence-corrected chi connectivity index (χ3v) is 7.86. The quantitative estimate of drug-likeness (QED) is 0.354. The molecule has 0 bridgehead atoms. The highest BCUT2D eigenvalue weighted by Gasteiger charge is 2.43. The van der Waals surface area contributed by atoms with Crippen LogP contribution in [-0.2, 0) is 26.8 Å². The topological polar surface area (TPSA) is 64.1 Å². The zero-order valence-corrected chi connectivity index (χ0v) is 18.3. The summed E-state index contributed by atoms with van der Waals surface area (Å²) < 4.78 is 25.4. The van der Waals surface area contributed by atoms with Gasteiger partial charge in [-0.05, 0) is 52.6 Å². The molecule has 0 N–H and O–H groups in total. The Morgan fingerprint density at radius 3 is 2.39 bits per heavy atom. The number of aromatic nitrogens is 1. The molecule has 168 valence electrons. The van der Waals surface area contributed by atoms with E-state index in [2.05, 4.69) is 11.1 Å². The maximum absolute atomic E-state index is 12.8. The molecule has 5 heteroatoms. The number of sulfone groups is 1. The van der Waals surface area contributed by atoms with Crippen molar-refractivity contribution in [2.24, 2.45) is 5.92 Å². The fourth-order valence-electron chi connectivity index (χ4n) is 4.29. The van der Waals surface area contributed by atoms with E-state index in [0.717, 1.165) is 33.9 Å². The first-order chi connectivity index (χ1) is 15.5. The minimum Gasteiger partial charge on any atom is -0.299 e. The minimum atomic E-state index is -3.40. The summed E-state index contributed by atoms with van der Waals surface area (Å²) in [6.07, 6.45) is 4.82. The van der Waals surface area contributed by atoms with Gasteiger partial charge in [0.25, 0.3) is 0 Å². The van der Waals surface area contributed by atoms with Crippen molar-refractivity contribution in [3.63, 3.8) is 0 Å². The Balaban J connectivity index is 0.00000259. The fraction of sp³-hybridized carbons (Fsp3) is 0.214. The van der Waals surface area contributed by atoms with Gasteiger partial charge >= 0.3 is 0 Å². The van der Waals surface area contributed by atoms with Crippen LogP contribution < -0.4 is 0 Å². The van der Waals surface area contributed by atoms with Gasteiger partial charge in [-0.15, -0.1) is 0 Å². The van der Waals surface area contributed by atoms with Crippen molar-refractivity contribution in [1.82, 2.24) is 4.98 Å². The highest BCUT2D eigenvalue weighted by atomic mass is 32.2. The number of nitrogens with zero attached hydrogens (tertiary/aromatic N) is 1. The maximum Gasteiger partial charge on any atom is 0.182 e. The van der Waals surface area contributed by atoms with E-state index in [1.54, 1.807) is 18.3 Å². The number of Topliss-reactive ketones (excluding diaryl/α,β-unsaturated/α-hetero) is 1. The summed E-state index contributed by atoms with van der Waals surface area (Å²) in [5.74, 6) is 0.414. The molecule has 4 nitrogen and oxygen atoms in total. The first-order valence-corrected chi connectivity index (χ1v) is 12.4. The van der Waals surface area contributed by atoms with E-state index >= 15 is 0 Å². The van der Waals surface area contributed by atoms with Gasteiger partial charge in [0.15, 0.2) is 9.84 Å². The monoisotopic (exact) mass is 457 g/mol. The van der Waals surface area contributed by atoms with E-state index in [1.807, 2.05) is 66.9 Å². The van der Waals surface area contributed by atoms with E-state index in [1.165, 1.54) is 0 Å². The zero-order valence-electron chi connectivity index (χ0n) is 17.5. The Bertz CT molecular complexity index is 1380. The molecular weight excluding hydrogens is 430 g/mol. The van der Waals surface area contributed by atoms with E-state index in [9.17, 15) is 13.2 Å². The lowest BCUT2D eigenvalue weighted by molar-refractivity contribution is -0.119. The SMILES string of the molecule is C.O=C(Cc1ccc2cnccc2c1)[C@@H]1CC1c1ccc(S(=O)(=O)Cc2ccccc2)cc1. The minimum absolute atomic E-state index is 0. The van der Waals surface area contributed by atoms with Crippen molar-refractivity contribution in [2.75, 3.05) is 0 Å². The molecule has 4 aromatic rings. The van der Waals surface area contributed by atoms with Gasteiger partial charge < -0.3 is 0 Å². The third-order valence-electron chi connectivity index (χ3n) is 6.15. The van der Waals surface area contributed by atoms with Crippen LogP contribution in [0.25, 0.3) is 10.8 Å². The Labute approximate surface area is 195 Å². The van der Waals surface area contributed by atoms with E-state index in [4.69, 9.17) is 0 Å². The molecule has 1 aromatic heterocycles. The molecule has 0 amide bonds. The lowest BCUT2D eigenvalue weighted by Crippen LogP contribution is -2.07. The van der Waals surface area contributed by atoms with Gasteiger partial charge in [-0.1, -0.05) is 68.1 Å². The molecule has 1 aliphatic carbocycles. The fourth-order valence-corrected chi connectivity index (χ4v) is 5.64. The zero-order chi connectivity index (χ0) is 22.1. The highest BCUT2D eigenvalue weighted by Crippen LogP contribution is 2.48. The van der Waals surface area contributed by atoms with Crippen LogP contribution in [0.15, 0.2) is 96.2 Å². The van der Waals surface area contributed by atoms with Crippen molar-refractivity contribution >= 4 is 26.4 Å². The predicted octanol–water partition coefficient (Wildman–Crippen LogP) is 5.76. The van der Waals surface area contributed by atoms with Crippen LogP contribution in [0.2, 0.25) is 0 Å². The van der Waals surface area contributed by atoms with Crippen LogP contribution >= 0.6 is 0 Å². The average Bonchev–Trinajstić information content (AvgIpc) is 3.61. The van der Waals surface area contributed by atoms with Crippen LogP contribution in [-0.4, -0.2) is 19.2 Å². The lowest BCUT2D eigenvalue weighted by atomic mass is 10.0. The first kappa shape index (κ1) is 22.9. The first-order valence-electron chi connectivity index (χ1n) is 10.7. The average molecular weight is 458 g/mol. The number of rotatable bonds is 7. The van der Waals surface area contributed by atoms with Crippen LogP contribution in [0.4, 0.5) is 0 Å². The molecule has 0 spiro atoms. The van der Waals surface area contributed by atoms with Gasteiger partial charge in [0, 0.05) is 30.1 Å². The molecule has 33 heavy (non-hydrogen) atoms. The lowest BCUT2D eigenvalue weighted by Gasteiger charge is -2.07. The molecule has 1 fully saturated rings. The normalized spacial score (nSPS) is 17.3. The van der Waals surface area contributed by atoms with E-state index in [0.29, 0.717) is 11.3 Å². The molecular formula is C28H27NO3S. The van der Waals surface area contributed by atoms with Crippen LogP contribution in [0.1, 0.15) is 36.5 Å². The van der Waals surface area contributed by atoms with Gasteiger partial charge in [0.2, 0.25) is 0 Å². The highest BCUT2D eigenvalue weighted by molar-refractivity contribution is 7.90. The number of carbonyl (C=O) groups excluding carboxylic acids is 1. The van der Waals surface area contributed by atoms with E-state index in [-0.39, 0.29) is 30.8 Å². The molecule has 1 unspecified atom stereocenters. The molecule has 0 radical (unpaired) electrons. The molecule has 0 aliphatic heterocycles. The second-order valence-corrected chi connectivity index (χ2v) is 10.5. The summed E-state index contributed by atoms with van der Waals surface area (Å²) in [7, 11) is -3.40. The van der Waals surface area contributed by atoms with Crippen molar-refractivity contribution in [3.05, 3.63) is 108 Å². The second kappa shape index (κ2) is 9.28. The van der Waals surface area contributed by atoms with Crippen LogP contribution in [0.3, 0.4) is 0 Å². The van der Waals surface area contributed by atoms with Gasteiger partial charge in [0.05, 0.1) is 10.6 Å². The Kier molecular flexibility index (Phi) is 6.43. The van der Waals surface area contributed by atoms with Crippen molar-refractivity contribution in [2.45, 2.75) is 36.8 Å². The summed E-state index contributed by atoms with van der Waals surface area (Å²) in [6.45, 7) is 0. The van der Waals surface area contributed by atoms with E-state index < -0.39 is 9.84 Å². The van der Waals surface area contributed by atoms with Crippen LogP contribution in [0, 0.1) is 5.92 Å². The third kappa shape index (κ3) is 5.04. The number of fused-ring (bicyclic) bond motifs is 1. The molecule has 2 atom stereocenters. The van der Waals surface area contributed by atoms with Gasteiger partial charge in [-0.3, -0.25) is 9.78 Å². The van der Waals surface area contributed by atoms with Gasteiger partial charge in [0.1, 0.15) is 5.78 Å². The Hall–Kier alpha value is -3.31. The predicted molar refractivity (Wildman–Crippen MR) is 132 cm³/mol. The number of benzene rings is 3. The Morgan fingerprint density at radius 1 is 0.879 bits per heavy atom. The number of pyridine rings is 1. The summed E-state index contributed by atoms with van der Waals surface area (Å²) in [5.41, 5.74) is 2.82. The summed E-state index contributed by atoms with van der Waals surface area (Å²) >= 11 is 0. The number of carbonyl (C=O) groups is 1. The molecule has 3 aromatic carbocycles. The number of ketones is 1. The summed E-state index contributed by atoms with van der Waals surface area (Å²) in [5, 5.41) is 2.15. The molecule has 1 heterocycles. The Morgan fingerprint density at radius 2 is 1.64 bits per heavy atom. The van der Waals surface area contributed by atoms with Crippen molar-refractivity contribution in [1.29, 1.82) is 0 Å². The largest absolute Gasteiger partial charge is 0.299 e. The van der Waals surface area contributed by atoms with Crippen LogP contribution in [0.5, 0.6) is 0 Å². The standard InChI is InChI=1S/C27H23NO3S.CH4/c29-27(15-20-6-7-23-17-28-13-12-22(23)14-20)26-16-25(26)21-8-10-24(11-9-21)32(30,31)18-19-4-2-1-3-5-19;/h1-14,17,25-26H,15-16,18H2;1H4/t25?,26-;/m1./s1. The molecule has 0 saturated heterocycles. The maximum atomic E-state index is 12.8. The molecule has 1 aliphatic rings. The van der Waals surface area contributed by atoms with Gasteiger partial charge in [-0.25, -0.2) is 8.42 Å². The van der Waals surface area contributed by atoms with Gasteiger partial charge in [-0.2, -0.15) is 0 Å². The molecule has 5 rings (SSSR count).